The van der Waals surface area contributed by atoms with Gasteiger partial charge in [0.2, 0.25) is 5.95 Å². The van der Waals surface area contributed by atoms with Gasteiger partial charge in [0.05, 0.1) is 23.5 Å². The van der Waals surface area contributed by atoms with Crippen molar-refractivity contribution >= 4 is 29.0 Å². The number of carbonyl (C=O) groups is 2. The van der Waals surface area contributed by atoms with Gasteiger partial charge in [-0.05, 0) is 12.1 Å². The first-order valence-electron chi connectivity index (χ1n) is 5.24. The Bertz CT molecular complexity index is 611. The van der Waals surface area contributed by atoms with Gasteiger partial charge >= 0.3 is 57.4 Å². The van der Waals surface area contributed by atoms with E-state index in [-0.39, 0.29) is 51.4 Å². The van der Waals surface area contributed by atoms with Crippen molar-refractivity contribution in [3.05, 3.63) is 24.3 Å². The molecule has 94 valence electrons. The molecule has 0 bridgehead atoms. The molecule has 19 heavy (non-hydrogen) atoms. The number of hydrogen-bond acceptors (Lipinski definition) is 4. The second kappa shape index (κ2) is 7.01. The molecular weight excluding hydrogens is 275 g/mol. The minimum atomic E-state index is -1.35. The summed E-state index contributed by atoms with van der Waals surface area (Å²) in [4.78, 5) is 25.8. The standard InChI is InChI=1S/C11H12N4O3.K/c1-15-8-5-3-2-4-7(8)13-10(15)14-11(18)12-6-9(16)17;/h2-5H,6H2,1H3,(H,16,17)(H2,12,13,14,18);/q;+1/p-1. The van der Waals surface area contributed by atoms with Crippen LogP contribution < -0.4 is 67.1 Å². The minimum Gasteiger partial charge on any atom is -0.548 e. The molecule has 0 unspecified atom stereocenters. The van der Waals surface area contributed by atoms with Gasteiger partial charge in [-0.2, -0.15) is 0 Å². The van der Waals surface area contributed by atoms with Gasteiger partial charge < -0.3 is 19.8 Å². The van der Waals surface area contributed by atoms with E-state index in [1.807, 2.05) is 24.3 Å². The average molecular weight is 286 g/mol. The Kier molecular flexibility index (Phi) is 5.95. The maximum atomic E-state index is 11.4. The number of aliphatic carboxylic acids is 1. The van der Waals surface area contributed by atoms with Gasteiger partial charge in [0.25, 0.3) is 0 Å². The summed E-state index contributed by atoms with van der Waals surface area (Å²) in [7, 11) is 1.75. The summed E-state index contributed by atoms with van der Waals surface area (Å²) in [5.74, 6) is -1.01. The van der Waals surface area contributed by atoms with Crippen LogP contribution in [0.4, 0.5) is 10.7 Å². The summed E-state index contributed by atoms with van der Waals surface area (Å²) >= 11 is 0. The molecule has 1 aromatic carbocycles. The number of aryl methyl sites for hydroxylation is 1. The van der Waals surface area contributed by atoms with Crippen LogP contribution in [0.5, 0.6) is 0 Å². The van der Waals surface area contributed by atoms with Gasteiger partial charge in [0.1, 0.15) is 0 Å². The van der Waals surface area contributed by atoms with Crippen LogP contribution in [0.3, 0.4) is 0 Å². The van der Waals surface area contributed by atoms with Crippen LogP contribution in [0.1, 0.15) is 0 Å². The largest absolute Gasteiger partial charge is 1.00 e. The molecule has 0 aliphatic carbocycles. The smallest absolute Gasteiger partial charge is 0.548 e. The van der Waals surface area contributed by atoms with Crippen molar-refractivity contribution in [3.63, 3.8) is 0 Å². The maximum Gasteiger partial charge on any atom is 1.00 e. The number of imidazole rings is 1. The molecule has 7 nitrogen and oxygen atoms in total. The van der Waals surface area contributed by atoms with Crippen LogP contribution in [-0.2, 0) is 11.8 Å². The molecule has 0 saturated heterocycles. The SMILES string of the molecule is Cn1c(NC(=O)NCC(=O)[O-])nc2ccccc21.[K+]. The molecule has 1 aromatic heterocycles. The number of anilines is 1. The first kappa shape index (κ1) is 16.1. The van der Waals surface area contributed by atoms with Crippen LogP contribution in [-0.4, -0.2) is 28.1 Å². The molecular formula is C11H11KN4O3. The number of aromatic nitrogens is 2. The summed E-state index contributed by atoms with van der Waals surface area (Å²) in [6.07, 6.45) is 0. The fraction of sp³-hybridized carbons (Fsp3) is 0.182. The van der Waals surface area contributed by atoms with Crippen molar-refractivity contribution in [2.75, 3.05) is 11.9 Å². The predicted octanol–water partition coefficient (Wildman–Crippen LogP) is -3.55. The molecule has 8 heteroatoms. The summed E-state index contributed by atoms with van der Waals surface area (Å²) < 4.78 is 1.70. The number of carboxylic acids is 1. The van der Waals surface area contributed by atoms with Crippen molar-refractivity contribution in [2.45, 2.75) is 0 Å². The van der Waals surface area contributed by atoms with E-state index in [1.165, 1.54) is 0 Å². The number of carbonyl (C=O) groups excluding carboxylic acids is 2. The molecule has 2 N–H and O–H groups in total. The predicted molar refractivity (Wildman–Crippen MR) is 62.7 cm³/mol. The molecule has 0 radical (unpaired) electrons. The number of rotatable bonds is 3. The number of nitrogens with zero attached hydrogens (tertiary/aromatic N) is 2. The molecule has 0 fully saturated rings. The van der Waals surface area contributed by atoms with Crippen molar-refractivity contribution in [1.82, 2.24) is 14.9 Å². The van der Waals surface area contributed by atoms with E-state index in [0.29, 0.717) is 5.95 Å². The van der Waals surface area contributed by atoms with E-state index >= 15 is 0 Å². The number of hydrogen-bond donors (Lipinski definition) is 2. The van der Waals surface area contributed by atoms with Crippen LogP contribution in [0.2, 0.25) is 0 Å². The van der Waals surface area contributed by atoms with Crippen LogP contribution >= 0.6 is 0 Å². The van der Waals surface area contributed by atoms with Gasteiger partial charge in [-0.3, -0.25) is 5.32 Å². The van der Waals surface area contributed by atoms with Crippen molar-refractivity contribution in [1.29, 1.82) is 0 Å². The van der Waals surface area contributed by atoms with Gasteiger partial charge in [-0.1, -0.05) is 12.1 Å². The average Bonchev–Trinajstić information content (AvgIpc) is 2.65. The monoisotopic (exact) mass is 286 g/mol. The molecule has 0 atom stereocenters. The van der Waals surface area contributed by atoms with E-state index in [1.54, 1.807) is 11.6 Å². The number of amides is 2. The van der Waals surface area contributed by atoms with E-state index in [9.17, 15) is 14.7 Å². The molecule has 2 rings (SSSR count). The van der Waals surface area contributed by atoms with Gasteiger partial charge in [0, 0.05) is 7.05 Å². The van der Waals surface area contributed by atoms with Crippen LogP contribution in [0, 0.1) is 0 Å². The van der Waals surface area contributed by atoms with E-state index < -0.39 is 18.5 Å². The van der Waals surface area contributed by atoms with Crippen LogP contribution in [0.15, 0.2) is 24.3 Å². The summed E-state index contributed by atoms with van der Waals surface area (Å²) in [6, 6.07) is 6.75. The number of para-hydroxylation sites is 2. The summed E-state index contributed by atoms with van der Waals surface area (Å²) in [5, 5.41) is 14.8. The van der Waals surface area contributed by atoms with Gasteiger partial charge in [-0.25, -0.2) is 9.78 Å². The van der Waals surface area contributed by atoms with Crippen molar-refractivity contribution < 1.29 is 66.1 Å². The Morgan fingerprint density at radius 1 is 1.37 bits per heavy atom. The zero-order chi connectivity index (χ0) is 13.1. The molecule has 0 spiro atoms. The Labute approximate surface area is 151 Å². The molecule has 0 aliphatic heterocycles. The third kappa shape index (κ3) is 4.01. The molecule has 2 aromatic rings. The number of nitrogens with one attached hydrogen (secondary N) is 2. The van der Waals surface area contributed by atoms with Crippen LogP contribution in [0.25, 0.3) is 11.0 Å². The maximum absolute atomic E-state index is 11.4. The summed E-state index contributed by atoms with van der Waals surface area (Å²) in [5.41, 5.74) is 1.61. The number of benzene rings is 1. The van der Waals surface area contributed by atoms with E-state index in [2.05, 4.69) is 15.6 Å². The molecule has 0 aliphatic rings. The zero-order valence-electron chi connectivity index (χ0n) is 10.6. The molecule has 1 heterocycles. The zero-order valence-corrected chi connectivity index (χ0v) is 13.8. The van der Waals surface area contributed by atoms with Crippen molar-refractivity contribution in [2.24, 2.45) is 7.05 Å². The van der Waals surface area contributed by atoms with Gasteiger partial charge in [0.15, 0.2) is 0 Å². The second-order valence-electron chi connectivity index (χ2n) is 3.66. The third-order valence-corrected chi connectivity index (χ3v) is 2.41. The number of urea groups is 1. The quantitative estimate of drug-likeness (QED) is 0.571. The first-order chi connectivity index (χ1) is 8.58. The second-order valence-corrected chi connectivity index (χ2v) is 3.66. The topological polar surface area (TPSA) is 99.1 Å². The Hall–Kier alpha value is -0.934. The normalized spacial score (nSPS) is 9.74. The fourth-order valence-corrected chi connectivity index (χ4v) is 1.56. The fourth-order valence-electron chi connectivity index (χ4n) is 1.56. The first-order valence-corrected chi connectivity index (χ1v) is 5.24. The number of fused-ring (bicyclic) bond motifs is 1. The Balaban J connectivity index is 0.00000180. The van der Waals surface area contributed by atoms with E-state index in [4.69, 9.17) is 0 Å². The molecule has 2 amide bonds. The Morgan fingerprint density at radius 2 is 2.05 bits per heavy atom. The number of carboxylic acid groups (broad SMARTS) is 1. The van der Waals surface area contributed by atoms with E-state index in [0.717, 1.165) is 11.0 Å². The summed E-state index contributed by atoms with van der Waals surface area (Å²) in [6.45, 7) is -0.546. The van der Waals surface area contributed by atoms with Gasteiger partial charge in [-0.15, -0.1) is 0 Å². The third-order valence-electron chi connectivity index (χ3n) is 2.41. The minimum absolute atomic E-state index is 0. The Morgan fingerprint density at radius 3 is 2.68 bits per heavy atom. The molecule has 0 saturated carbocycles. The van der Waals surface area contributed by atoms with Crippen molar-refractivity contribution in [3.8, 4) is 0 Å².